The highest BCUT2D eigenvalue weighted by molar-refractivity contribution is 4.99. The van der Waals surface area contributed by atoms with E-state index in [0.29, 0.717) is 0 Å². The number of rotatable bonds is 3. The molecule has 1 fully saturated rings. The average molecular weight is 157 g/mol. The first-order valence-electron chi connectivity index (χ1n) is 4.23. The molecule has 3 nitrogen and oxygen atoms in total. The van der Waals surface area contributed by atoms with Crippen LogP contribution in [0.3, 0.4) is 0 Å². The molecule has 0 bridgehead atoms. The van der Waals surface area contributed by atoms with Crippen molar-refractivity contribution in [3.8, 4) is 0 Å². The van der Waals surface area contributed by atoms with E-state index in [2.05, 4.69) is 12.3 Å². The fourth-order valence-corrected chi connectivity index (χ4v) is 2.05. The Morgan fingerprint density at radius 3 is 2.36 bits per heavy atom. The van der Waals surface area contributed by atoms with E-state index >= 15 is 0 Å². The van der Waals surface area contributed by atoms with E-state index in [0.717, 1.165) is 12.5 Å². The van der Waals surface area contributed by atoms with Crippen molar-refractivity contribution < 1.29 is 0 Å². The highest BCUT2D eigenvalue weighted by atomic mass is 15.5. The van der Waals surface area contributed by atoms with Gasteiger partial charge >= 0.3 is 0 Å². The molecular formula is C8H19N3. The van der Waals surface area contributed by atoms with Gasteiger partial charge in [0.25, 0.3) is 0 Å². The van der Waals surface area contributed by atoms with Crippen molar-refractivity contribution in [3.05, 3.63) is 0 Å². The zero-order valence-corrected chi connectivity index (χ0v) is 7.72. The minimum absolute atomic E-state index is 0.211. The van der Waals surface area contributed by atoms with Crippen LogP contribution in [-0.2, 0) is 0 Å². The summed E-state index contributed by atoms with van der Waals surface area (Å²) >= 11 is 0. The Morgan fingerprint density at radius 1 is 1.55 bits per heavy atom. The average Bonchev–Trinajstić information content (AvgIpc) is 1.82. The normalized spacial score (nSPS) is 37.4. The second-order valence-electron chi connectivity index (χ2n) is 4.00. The summed E-state index contributed by atoms with van der Waals surface area (Å²) in [7, 11) is 4.03. The van der Waals surface area contributed by atoms with Gasteiger partial charge in [0.15, 0.2) is 0 Å². The van der Waals surface area contributed by atoms with Gasteiger partial charge in [-0.15, -0.1) is 0 Å². The van der Waals surface area contributed by atoms with E-state index in [1.807, 2.05) is 19.1 Å². The summed E-state index contributed by atoms with van der Waals surface area (Å²) < 4.78 is 0. The van der Waals surface area contributed by atoms with Crippen LogP contribution in [0.15, 0.2) is 0 Å². The molecule has 0 aromatic carbocycles. The summed E-state index contributed by atoms with van der Waals surface area (Å²) in [5.41, 5.74) is 9.28. The number of hydrogen-bond acceptors (Lipinski definition) is 3. The molecule has 0 unspecified atom stereocenters. The molecule has 66 valence electrons. The Hall–Kier alpha value is -0.120. The van der Waals surface area contributed by atoms with Crippen molar-refractivity contribution in [2.24, 2.45) is 11.7 Å². The Kier molecular flexibility index (Phi) is 2.52. The van der Waals surface area contributed by atoms with Crippen LogP contribution >= 0.6 is 0 Å². The van der Waals surface area contributed by atoms with Gasteiger partial charge in [-0.05, 0) is 18.8 Å². The third kappa shape index (κ3) is 1.92. The largest absolute Gasteiger partial charge is 0.329 e. The monoisotopic (exact) mass is 157 g/mol. The van der Waals surface area contributed by atoms with Crippen molar-refractivity contribution >= 4 is 0 Å². The molecule has 0 amide bonds. The molecule has 0 aromatic rings. The number of nitrogens with two attached hydrogens (primary N) is 1. The second kappa shape index (κ2) is 3.09. The molecule has 0 heterocycles. The lowest BCUT2D eigenvalue weighted by Crippen LogP contribution is -2.62. The fraction of sp³-hybridized carbons (Fsp3) is 1.00. The van der Waals surface area contributed by atoms with Gasteiger partial charge in [0.1, 0.15) is 0 Å². The van der Waals surface area contributed by atoms with E-state index in [1.54, 1.807) is 0 Å². The van der Waals surface area contributed by atoms with Crippen molar-refractivity contribution in [2.45, 2.75) is 25.3 Å². The number of nitrogens with one attached hydrogen (secondary N) is 1. The molecule has 0 spiro atoms. The van der Waals surface area contributed by atoms with Crippen LogP contribution < -0.4 is 11.2 Å². The predicted molar refractivity (Wildman–Crippen MR) is 47.0 cm³/mol. The van der Waals surface area contributed by atoms with Gasteiger partial charge in [-0.1, -0.05) is 6.92 Å². The van der Waals surface area contributed by atoms with E-state index in [-0.39, 0.29) is 5.54 Å². The van der Waals surface area contributed by atoms with Crippen LogP contribution in [0.4, 0.5) is 0 Å². The number of nitrogens with zero attached hydrogens (tertiary/aromatic N) is 1. The van der Waals surface area contributed by atoms with Crippen LogP contribution in [0.5, 0.6) is 0 Å². The first-order valence-corrected chi connectivity index (χ1v) is 4.23. The highest BCUT2D eigenvalue weighted by Gasteiger charge is 2.40. The molecule has 3 N–H and O–H groups in total. The first-order chi connectivity index (χ1) is 5.08. The maximum atomic E-state index is 5.69. The summed E-state index contributed by atoms with van der Waals surface area (Å²) in [6.07, 6.45) is 2.42. The molecule has 0 radical (unpaired) electrons. The van der Waals surface area contributed by atoms with Crippen LogP contribution in [-0.4, -0.2) is 31.2 Å². The molecule has 0 aromatic heterocycles. The molecule has 1 saturated carbocycles. The fourth-order valence-electron chi connectivity index (χ4n) is 2.05. The minimum atomic E-state index is 0.211. The molecule has 1 aliphatic rings. The summed E-state index contributed by atoms with van der Waals surface area (Å²) in [5, 5.41) is 2.00. The summed E-state index contributed by atoms with van der Waals surface area (Å²) in [6, 6.07) is 0. The Balaban J connectivity index is 2.38. The van der Waals surface area contributed by atoms with Gasteiger partial charge in [-0.25, -0.2) is 5.43 Å². The standard InChI is InChI=1S/C8H19N3/c1-7-4-8(5-7,6-9)10-11(2)3/h7,10H,4-6,9H2,1-3H3. The van der Waals surface area contributed by atoms with Gasteiger partial charge in [-0.2, -0.15) is 0 Å². The van der Waals surface area contributed by atoms with Gasteiger partial charge in [0.2, 0.25) is 0 Å². The molecule has 0 aliphatic heterocycles. The third-order valence-electron chi connectivity index (χ3n) is 2.33. The van der Waals surface area contributed by atoms with E-state index in [1.165, 1.54) is 12.8 Å². The lowest BCUT2D eigenvalue weighted by Gasteiger charge is -2.48. The van der Waals surface area contributed by atoms with Crippen molar-refractivity contribution in [3.63, 3.8) is 0 Å². The van der Waals surface area contributed by atoms with Crippen LogP contribution in [0.25, 0.3) is 0 Å². The van der Waals surface area contributed by atoms with Crippen molar-refractivity contribution in [2.75, 3.05) is 20.6 Å². The lowest BCUT2D eigenvalue weighted by molar-refractivity contribution is 0.0500. The quantitative estimate of drug-likeness (QED) is 0.574. The molecule has 11 heavy (non-hydrogen) atoms. The zero-order valence-electron chi connectivity index (χ0n) is 7.72. The van der Waals surface area contributed by atoms with Crippen LogP contribution in [0.1, 0.15) is 19.8 Å². The predicted octanol–water partition coefficient (Wildman–Crippen LogP) is 0.180. The zero-order chi connectivity index (χ0) is 8.48. The van der Waals surface area contributed by atoms with Gasteiger partial charge in [-0.3, -0.25) is 5.01 Å². The van der Waals surface area contributed by atoms with Gasteiger partial charge in [0, 0.05) is 26.2 Å². The Morgan fingerprint density at radius 2 is 2.09 bits per heavy atom. The van der Waals surface area contributed by atoms with E-state index < -0.39 is 0 Å². The van der Waals surface area contributed by atoms with Gasteiger partial charge in [0.05, 0.1) is 0 Å². The molecule has 0 saturated heterocycles. The van der Waals surface area contributed by atoms with Crippen molar-refractivity contribution in [1.82, 2.24) is 10.4 Å². The molecule has 1 aliphatic carbocycles. The third-order valence-corrected chi connectivity index (χ3v) is 2.33. The van der Waals surface area contributed by atoms with Crippen LogP contribution in [0, 0.1) is 5.92 Å². The van der Waals surface area contributed by atoms with Gasteiger partial charge < -0.3 is 5.73 Å². The van der Waals surface area contributed by atoms with E-state index in [9.17, 15) is 0 Å². The Labute approximate surface area is 68.9 Å². The SMILES string of the molecule is CC1CC(CN)(NN(C)C)C1. The Bertz CT molecular complexity index is 127. The number of hydrogen-bond donors (Lipinski definition) is 2. The second-order valence-corrected chi connectivity index (χ2v) is 4.00. The van der Waals surface area contributed by atoms with Crippen molar-refractivity contribution in [1.29, 1.82) is 0 Å². The summed E-state index contributed by atoms with van der Waals surface area (Å²) in [6.45, 7) is 3.01. The highest BCUT2D eigenvalue weighted by Crippen LogP contribution is 2.36. The summed E-state index contributed by atoms with van der Waals surface area (Å²) in [5.74, 6) is 0.839. The van der Waals surface area contributed by atoms with Crippen LogP contribution in [0.2, 0.25) is 0 Å². The smallest absolute Gasteiger partial charge is 0.0453 e. The lowest BCUT2D eigenvalue weighted by atomic mass is 9.69. The molecule has 0 atom stereocenters. The first kappa shape index (κ1) is 8.97. The topological polar surface area (TPSA) is 41.3 Å². The number of hydrazine groups is 1. The summed E-state index contributed by atoms with van der Waals surface area (Å²) in [4.78, 5) is 0. The molecule has 1 rings (SSSR count). The van der Waals surface area contributed by atoms with E-state index in [4.69, 9.17) is 5.73 Å². The maximum Gasteiger partial charge on any atom is 0.0453 e. The maximum absolute atomic E-state index is 5.69. The minimum Gasteiger partial charge on any atom is -0.329 e. The molecule has 3 heteroatoms. The molecular weight excluding hydrogens is 138 g/mol.